The highest BCUT2D eigenvalue weighted by Crippen LogP contribution is 2.36. The van der Waals surface area contributed by atoms with Crippen LogP contribution in [0.3, 0.4) is 0 Å². The third kappa shape index (κ3) is 4.03. The Morgan fingerprint density at radius 2 is 1.81 bits per heavy atom. The summed E-state index contributed by atoms with van der Waals surface area (Å²) in [5.74, 6) is -0.433. The minimum Gasteiger partial charge on any atom is -0.321 e. The number of halogens is 4. The van der Waals surface area contributed by atoms with E-state index < -0.39 is 41.2 Å². The molecule has 0 bridgehead atoms. The topological polar surface area (TPSA) is 79.7 Å². The molecule has 4 amide bonds. The van der Waals surface area contributed by atoms with Crippen LogP contribution >= 0.6 is 0 Å². The lowest BCUT2D eigenvalue weighted by Gasteiger charge is -2.36. The molecule has 166 valence electrons. The summed E-state index contributed by atoms with van der Waals surface area (Å²) >= 11 is 0. The van der Waals surface area contributed by atoms with Crippen molar-refractivity contribution in [2.24, 2.45) is 0 Å². The van der Waals surface area contributed by atoms with Crippen molar-refractivity contribution < 1.29 is 27.2 Å². The van der Waals surface area contributed by atoms with Gasteiger partial charge in [0, 0.05) is 37.6 Å². The van der Waals surface area contributed by atoms with E-state index in [-0.39, 0.29) is 31.9 Å². The van der Waals surface area contributed by atoms with E-state index in [0.29, 0.717) is 5.69 Å². The highest BCUT2D eigenvalue weighted by Gasteiger charge is 2.43. The molecule has 2 aromatic carbocycles. The van der Waals surface area contributed by atoms with Gasteiger partial charge in [-0.1, -0.05) is 0 Å². The molecule has 7 nitrogen and oxygen atoms in total. The van der Waals surface area contributed by atoms with Gasteiger partial charge in [0.25, 0.3) is 0 Å². The number of rotatable bonds is 2. The van der Waals surface area contributed by atoms with Gasteiger partial charge in [0.05, 0.1) is 23.2 Å². The molecule has 2 aliphatic heterocycles. The fourth-order valence-corrected chi connectivity index (χ4v) is 3.88. The Bertz CT molecular complexity index is 1100. The number of nitrogens with zero attached hydrogens (tertiary/aromatic N) is 4. The number of urea groups is 2. The molecule has 0 aromatic heterocycles. The number of amides is 4. The maximum atomic E-state index is 13.3. The van der Waals surface area contributed by atoms with E-state index in [4.69, 9.17) is 5.26 Å². The number of fused-ring (bicyclic) bond motifs is 1. The summed E-state index contributed by atoms with van der Waals surface area (Å²) in [6.45, 7) is 0.754. The van der Waals surface area contributed by atoms with Gasteiger partial charge in [-0.25, -0.2) is 14.0 Å². The van der Waals surface area contributed by atoms with Crippen LogP contribution in [0, 0.1) is 17.1 Å². The Balaban J connectivity index is 1.48. The van der Waals surface area contributed by atoms with Gasteiger partial charge in [-0.3, -0.25) is 4.90 Å². The van der Waals surface area contributed by atoms with E-state index in [9.17, 15) is 27.2 Å². The first kappa shape index (κ1) is 21.4. The molecule has 11 heteroatoms. The minimum absolute atomic E-state index is 0.0399. The highest BCUT2D eigenvalue weighted by atomic mass is 19.4. The molecule has 2 heterocycles. The maximum Gasteiger partial charge on any atom is 0.417 e. The average Bonchev–Trinajstić information content (AvgIpc) is 3.10. The summed E-state index contributed by atoms with van der Waals surface area (Å²) in [5.41, 5.74) is -1.16. The fraction of sp³-hybridized carbons (Fsp3) is 0.286. The molecule has 2 aliphatic rings. The second-order valence-corrected chi connectivity index (χ2v) is 7.46. The Labute approximate surface area is 180 Å². The summed E-state index contributed by atoms with van der Waals surface area (Å²) < 4.78 is 52.9. The smallest absolute Gasteiger partial charge is 0.321 e. The molecular weight excluding hydrogens is 430 g/mol. The Morgan fingerprint density at radius 3 is 2.47 bits per heavy atom. The van der Waals surface area contributed by atoms with Crippen LogP contribution in [0.15, 0.2) is 42.5 Å². The van der Waals surface area contributed by atoms with Gasteiger partial charge in [0.15, 0.2) is 0 Å². The van der Waals surface area contributed by atoms with Crippen molar-refractivity contribution in [3.63, 3.8) is 0 Å². The molecule has 1 N–H and O–H groups in total. The number of carbonyl (C=O) groups is 2. The van der Waals surface area contributed by atoms with E-state index in [1.165, 1.54) is 51.1 Å². The first-order chi connectivity index (χ1) is 15.2. The Kier molecular flexibility index (Phi) is 5.38. The van der Waals surface area contributed by atoms with Gasteiger partial charge in [0.1, 0.15) is 5.82 Å². The SMILES string of the molecule is N#Cc1ccc(N2C[C@@H]3CN(C(=O)Nc4ccc(F)cc4)CCN3C2=O)cc1C(F)(F)F. The van der Waals surface area contributed by atoms with Gasteiger partial charge >= 0.3 is 18.2 Å². The van der Waals surface area contributed by atoms with Crippen LogP contribution in [-0.2, 0) is 6.18 Å². The van der Waals surface area contributed by atoms with E-state index in [1.807, 2.05) is 0 Å². The zero-order valence-electron chi connectivity index (χ0n) is 16.6. The quantitative estimate of drug-likeness (QED) is 0.710. The van der Waals surface area contributed by atoms with Crippen molar-refractivity contribution in [1.82, 2.24) is 9.80 Å². The predicted octanol–water partition coefficient (Wildman–Crippen LogP) is 3.87. The normalized spacial score (nSPS) is 18.4. The molecular formula is C21H17F4N5O2. The van der Waals surface area contributed by atoms with E-state index in [1.54, 1.807) is 0 Å². The van der Waals surface area contributed by atoms with Gasteiger partial charge in [0.2, 0.25) is 0 Å². The number of hydrogen-bond acceptors (Lipinski definition) is 3. The van der Waals surface area contributed by atoms with Crippen LogP contribution in [0.1, 0.15) is 11.1 Å². The standard InChI is InChI=1S/C21H17F4N5O2/c22-14-2-4-15(5-3-14)27-19(31)28-7-8-29-17(11-28)12-30(20(29)32)16-6-1-13(10-26)18(9-16)21(23,24)25/h1-6,9,17H,7-8,11-12H2,(H,27,31)/t17-/m0/s1. The van der Waals surface area contributed by atoms with Gasteiger partial charge in [-0.2, -0.15) is 18.4 Å². The zero-order chi connectivity index (χ0) is 23.0. The average molecular weight is 447 g/mol. The first-order valence-electron chi connectivity index (χ1n) is 9.68. The monoisotopic (exact) mass is 447 g/mol. The Morgan fingerprint density at radius 1 is 1.09 bits per heavy atom. The zero-order valence-corrected chi connectivity index (χ0v) is 16.6. The lowest BCUT2D eigenvalue weighted by atomic mass is 10.1. The molecule has 0 aliphatic carbocycles. The van der Waals surface area contributed by atoms with Gasteiger partial charge in [-0.05, 0) is 42.5 Å². The van der Waals surface area contributed by atoms with E-state index in [0.717, 1.165) is 12.1 Å². The number of carbonyl (C=O) groups excluding carboxylic acids is 2. The highest BCUT2D eigenvalue weighted by molar-refractivity contribution is 5.95. The summed E-state index contributed by atoms with van der Waals surface area (Å²) in [5, 5.41) is 11.6. The van der Waals surface area contributed by atoms with Crippen LogP contribution in [0.5, 0.6) is 0 Å². The van der Waals surface area contributed by atoms with Crippen molar-refractivity contribution in [1.29, 1.82) is 5.26 Å². The van der Waals surface area contributed by atoms with Crippen LogP contribution < -0.4 is 10.2 Å². The summed E-state index contributed by atoms with van der Waals surface area (Å²) in [7, 11) is 0. The second kappa shape index (κ2) is 8.03. The molecule has 0 saturated carbocycles. The number of nitriles is 1. The number of alkyl halides is 3. The lowest BCUT2D eigenvalue weighted by molar-refractivity contribution is -0.137. The number of piperazine rings is 1. The number of benzene rings is 2. The molecule has 0 spiro atoms. The van der Waals surface area contributed by atoms with Gasteiger partial charge in [-0.15, -0.1) is 0 Å². The lowest BCUT2D eigenvalue weighted by Crippen LogP contribution is -2.54. The van der Waals surface area contributed by atoms with E-state index in [2.05, 4.69) is 5.32 Å². The predicted molar refractivity (Wildman–Crippen MR) is 106 cm³/mol. The first-order valence-corrected chi connectivity index (χ1v) is 9.68. The van der Waals surface area contributed by atoms with Crippen molar-refractivity contribution in [2.45, 2.75) is 12.2 Å². The summed E-state index contributed by atoms with van der Waals surface area (Å²) in [6, 6.07) is 8.68. The number of anilines is 2. The fourth-order valence-electron chi connectivity index (χ4n) is 3.88. The minimum atomic E-state index is -4.73. The van der Waals surface area contributed by atoms with Crippen molar-refractivity contribution in [3.8, 4) is 6.07 Å². The molecule has 32 heavy (non-hydrogen) atoms. The molecule has 4 rings (SSSR count). The van der Waals surface area contributed by atoms with E-state index >= 15 is 0 Å². The van der Waals surface area contributed by atoms with Crippen molar-refractivity contribution in [2.75, 3.05) is 36.4 Å². The molecule has 2 aromatic rings. The largest absolute Gasteiger partial charge is 0.417 e. The third-order valence-corrected chi connectivity index (χ3v) is 5.48. The molecule has 0 radical (unpaired) electrons. The van der Waals surface area contributed by atoms with Crippen LogP contribution in [0.2, 0.25) is 0 Å². The maximum absolute atomic E-state index is 13.3. The van der Waals surface area contributed by atoms with Crippen LogP contribution in [0.25, 0.3) is 0 Å². The second-order valence-electron chi connectivity index (χ2n) is 7.46. The molecule has 0 unspecified atom stereocenters. The Hall–Kier alpha value is -3.81. The van der Waals surface area contributed by atoms with Crippen molar-refractivity contribution >= 4 is 23.4 Å². The molecule has 2 fully saturated rings. The third-order valence-electron chi connectivity index (χ3n) is 5.48. The number of nitrogens with one attached hydrogen (secondary N) is 1. The molecule has 1 atom stereocenters. The van der Waals surface area contributed by atoms with Crippen LogP contribution in [-0.4, -0.2) is 54.1 Å². The summed E-state index contributed by atoms with van der Waals surface area (Å²) in [4.78, 5) is 29.6. The summed E-state index contributed by atoms with van der Waals surface area (Å²) in [6.07, 6.45) is -4.73. The number of hydrogen-bond donors (Lipinski definition) is 1. The van der Waals surface area contributed by atoms with Gasteiger partial charge < -0.3 is 15.1 Å². The molecule has 2 saturated heterocycles. The van der Waals surface area contributed by atoms with Crippen LogP contribution in [0.4, 0.5) is 38.5 Å². The van der Waals surface area contributed by atoms with Crippen molar-refractivity contribution in [3.05, 3.63) is 59.4 Å².